The Morgan fingerprint density at radius 2 is 2.16 bits per heavy atom. The molecule has 4 nitrogen and oxygen atoms in total. The summed E-state index contributed by atoms with van der Waals surface area (Å²) in [6.45, 7) is 0.869. The van der Waals surface area contributed by atoms with Crippen LogP contribution in [0.25, 0.3) is 10.9 Å². The summed E-state index contributed by atoms with van der Waals surface area (Å²) in [5.74, 6) is 0.000469. The summed E-state index contributed by atoms with van der Waals surface area (Å²) in [5.41, 5.74) is 1.72. The molecular formula is C14H16N2O2S. The highest BCUT2D eigenvalue weighted by Gasteiger charge is 2.13. The minimum Gasteiger partial charge on any atom is -0.477 e. The number of aromatic nitrogens is 1. The van der Waals surface area contributed by atoms with Crippen molar-refractivity contribution in [2.45, 2.75) is 0 Å². The van der Waals surface area contributed by atoms with Gasteiger partial charge >= 0.3 is 5.97 Å². The SMILES string of the molecule is CSCCN(C)c1cc(C(=O)O)nc2ccccc12. The Bertz CT molecular complexity index is 601. The van der Waals surface area contributed by atoms with Crippen molar-refractivity contribution in [2.75, 3.05) is 30.5 Å². The molecule has 5 heteroatoms. The van der Waals surface area contributed by atoms with Gasteiger partial charge < -0.3 is 10.0 Å². The van der Waals surface area contributed by atoms with Gasteiger partial charge in [-0.25, -0.2) is 9.78 Å². The van der Waals surface area contributed by atoms with Gasteiger partial charge in [-0.1, -0.05) is 18.2 Å². The number of fused-ring (bicyclic) bond motifs is 1. The summed E-state index contributed by atoms with van der Waals surface area (Å²) >= 11 is 1.77. The van der Waals surface area contributed by atoms with Crippen LogP contribution in [0.1, 0.15) is 10.5 Å². The molecule has 0 unspecified atom stereocenters. The van der Waals surface area contributed by atoms with Gasteiger partial charge in [0.2, 0.25) is 0 Å². The topological polar surface area (TPSA) is 53.4 Å². The lowest BCUT2D eigenvalue weighted by atomic mass is 10.1. The molecule has 1 N–H and O–H groups in total. The number of rotatable bonds is 5. The average Bonchev–Trinajstić information content (AvgIpc) is 2.43. The summed E-state index contributed by atoms with van der Waals surface area (Å²) in [5, 5.41) is 10.1. The zero-order chi connectivity index (χ0) is 13.8. The number of carboxylic acid groups (broad SMARTS) is 1. The van der Waals surface area contributed by atoms with Gasteiger partial charge in [0.25, 0.3) is 0 Å². The molecular weight excluding hydrogens is 260 g/mol. The maximum atomic E-state index is 11.1. The van der Waals surface area contributed by atoms with Gasteiger partial charge in [-0.3, -0.25) is 0 Å². The molecule has 0 bridgehead atoms. The van der Waals surface area contributed by atoms with Gasteiger partial charge in [0.05, 0.1) is 5.52 Å². The molecule has 1 aromatic carbocycles. The number of carboxylic acids is 1. The van der Waals surface area contributed by atoms with Crippen LogP contribution in [-0.4, -0.2) is 41.7 Å². The number of aromatic carboxylic acids is 1. The van der Waals surface area contributed by atoms with Crippen LogP contribution in [0, 0.1) is 0 Å². The number of anilines is 1. The molecule has 0 atom stereocenters. The number of thioether (sulfide) groups is 1. The van der Waals surface area contributed by atoms with Crippen LogP contribution in [0.4, 0.5) is 5.69 Å². The predicted octanol–water partition coefficient (Wildman–Crippen LogP) is 2.73. The van der Waals surface area contributed by atoms with E-state index in [0.717, 1.165) is 23.4 Å². The first-order valence-electron chi connectivity index (χ1n) is 5.96. The van der Waals surface area contributed by atoms with Crippen LogP contribution in [0.3, 0.4) is 0 Å². The molecule has 0 fully saturated rings. The second kappa shape index (κ2) is 5.93. The van der Waals surface area contributed by atoms with Crippen molar-refractivity contribution in [3.8, 4) is 0 Å². The maximum absolute atomic E-state index is 11.1. The third-order valence-electron chi connectivity index (χ3n) is 2.96. The van der Waals surface area contributed by atoms with Crippen molar-refractivity contribution >= 4 is 34.3 Å². The van der Waals surface area contributed by atoms with E-state index in [0.29, 0.717) is 5.52 Å². The van der Waals surface area contributed by atoms with Crippen LogP contribution in [0.2, 0.25) is 0 Å². The highest BCUT2D eigenvalue weighted by molar-refractivity contribution is 7.98. The van der Waals surface area contributed by atoms with Crippen LogP contribution in [0.15, 0.2) is 30.3 Å². The lowest BCUT2D eigenvalue weighted by Crippen LogP contribution is -2.21. The molecule has 2 aromatic rings. The third kappa shape index (κ3) is 2.98. The van der Waals surface area contributed by atoms with Crippen molar-refractivity contribution in [1.82, 2.24) is 4.98 Å². The van der Waals surface area contributed by atoms with Gasteiger partial charge in [-0.05, 0) is 18.4 Å². The van der Waals surface area contributed by atoms with Crippen molar-refractivity contribution in [1.29, 1.82) is 0 Å². The molecule has 1 heterocycles. The first-order chi connectivity index (χ1) is 9.13. The number of para-hydroxylation sites is 1. The van der Waals surface area contributed by atoms with Crippen LogP contribution in [-0.2, 0) is 0 Å². The van der Waals surface area contributed by atoms with Crippen molar-refractivity contribution in [3.63, 3.8) is 0 Å². The van der Waals surface area contributed by atoms with Gasteiger partial charge in [0.15, 0.2) is 5.69 Å². The number of hydrogen-bond donors (Lipinski definition) is 1. The Labute approximate surface area is 116 Å². The Morgan fingerprint density at radius 3 is 2.84 bits per heavy atom. The number of benzene rings is 1. The predicted molar refractivity (Wildman–Crippen MR) is 80.4 cm³/mol. The molecule has 0 aliphatic heterocycles. The highest BCUT2D eigenvalue weighted by Crippen LogP contribution is 2.26. The van der Waals surface area contributed by atoms with E-state index in [2.05, 4.69) is 16.1 Å². The van der Waals surface area contributed by atoms with E-state index in [9.17, 15) is 4.79 Å². The molecule has 0 amide bonds. The summed E-state index contributed by atoms with van der Waals surface area (Å²) < 4.78 is 0. The Kier molecular flexibility index (Phi) is 4.27. The Morgan fingerprint density at radius 1 is 1.42 bits per heavy atom. The summed E-state index contributed by atoms with van der Waals surface area (Å²) in [7, 11) is 1.98. The molecule has 19 heavy (non-hydrogen) atoms. The number of hydrogen-bond acceptors (Lipinski definition) is 4. The van der Waals surface area contributed by atoms with E-state index < -0.39 is 5.97 Å². The highest BCUT2D eigenvalue weighted by atomic mass is 32.2. The molecule has 0 radical (unpaired) electrons. The van der Waals surface area contributed by atoms with Crippen molar-refractivity contribution in [3.05, 3.63) is 36.0 Å². The summed E-state index contributed by atoms with van der Waals surface area (Å²) in [4.78, 5) is 17.4. The van der Waals surface area contributed by atoms with E-state index in [1.54, 1.807) is 17.8 Å². The molecule has 0 saturated carbocycles. The fraction of sp³-hybridized carbons (Fsp3) is 0.286. The summed E-state index contributed by atoms with van der Waals surface area (Å²) in [6.07, 6.45) is 2.06. The summed E-state index contributed by atoms with van der Waals surface area (Å²) in [6, 6.07) is 9.26. The normalized spacial score (nSPS) is 10.6. The van der Waals surface area contributed by atoms with E-state index in [1.165, 1.54) is 0 Å². The maximum Gasteiger partial charge on any atom is 0.354 e. The van der Waals surface area contributed by atoms with E-state index >= 15 is 0 Å². The molecule has 0 spiro atoms. The first kappa shape index (κ1) is 13.7. The average molecular weight is 276 g/mol. The molecule has 1 aromatic heterocycles. The largest absolute Gasteiger partial charge is 0.477 e. The lowest BCUT2D eigenvalue weighted by molar-refractivity contribution is 0.0691. The zero-order valence-corrected chi connectivity index (χ0v) is 11.8. The fourth-order valence-corrected chi connectivity index (χ4v) is 2.39. The van der Waals surface area contributed by atoms with Gasteiger partial charge in [0.1, 0.15) is 0 Å². The minimum absolute atomic E-state index is 0.0877. The number of nitrogens with zero attached hydrogens (tertiary/aromatic N) is 2. The molecule has 0 saturated heterocycles. The third-order valence-corrected chi connectivity index (χ3v) is 3.55. The van der Waals surface area contributed by atoms with Crippen LogP contribution in [0.5, 0.6) is 0 Å². The Balaban J connectivity index is 2.53. The zero-order valence-electron chi connectivity index (χ0n) is 11.0. The van der Waals surface area contributed by atoms with E-state index in [1.807, 2.05) is 31.3 Å². The Hall–Kier alpha value is -1.75. The van der Waals surface area contributed by atoms with E-state index in [4.69, 9.17) is 5.11 Å². The smallest absolute Gasteiger partial charge is 0.354 e. The quantitative estimate of drug-likeness (QED) is 0.910. The second-order valence-corrected chi connectivity index (χ2v) is 5.25. The van der Waals surface area contributed by atoms with Gasteiger partial charge in [-0.2, -0.15) is 11.8 Å². The molecule has 2 rings (SSSR count). The molecule has 0 aliphatic carbocycles. The van der Waals surface area contributed by atoms with Gasteiger partial charge in [-0.15, -0.1) is 0 Å². The van der Waals surface area contributed by atoms with Crippen molar-refractivity contribution < 1.29 is 9.90 Å². The fourth-order valence-electron chi connectivity index (χ4n) is 1.93. The van der Waals surface area contributed by atoms with Gasteiger partial charge in [0, 0.05) is 30.4 Å². The monoisotopic (exact) mass is 276 g/mol. The van der Waals surface area contributed by atoms with Crippen molar-refractivity contribution in [2.24, 2.45) is 0 Å². The number of carbonyl (C=O) groups is 1. The first-order valence-corrected chi connectivity index (χ1v) is 7.36. The number of pyridine rings is 1. The lowest BCUT2D eigenvalue weighted by Gasteiger charge is -2.21. The van der Waals surface area contributed by atoms with Crippen LogP contribution < -0.4 is 4.90 Å². The standard InChI is InChI=1S/C14H16N2O2S/c1-16(7-8-19-2)13-9-12(14(17)18)15-11-6-4-3-5-10(11)13/h3-6,9H,7-8H2,1-2H3,(H,17,18). The molecule has 100 valence electrons. The van der Waals surface area contributed by atoms with E-state index in [-0.39, 0.29) is 5.69 Å². The minimum atomic E-state index is -0.995. The van der Waals surface area contributed by atoms with Crippen LogP contribution >= 0.6 is 11.8 Å². The molecule has 0 aliphatic rings. The second-order valence-electron chi connectivity index (χ2n) is 4.26.